The molecule has 0 bridgehead atoms. The van der Waals surface area contributed by atoms with Crippen LogP contribution in [-0.2, 0) is 9.47 Å². The summed E-state index contributed by atoms with van der Waals surface area (Å²) in [5.41, 5.74) is 2.30. The van der Waals surface area contributed by atoms with E-state index in [1.165, 1.54) is 38.5 Å². The van der Waals surface area contributed by atoms with Gasteiger partial charge in [0.1, 0.15) is 0 Å². The van der Waals surface area contributed by atoms with Crippen molar-refractivity contribution in [2.45, 2.75) is 76.4 Å². The third-order valence-electron chi connectivity index (χ3n) is 8.84. The van der Waals surface area contributed by atoms with Crippen LogP contribution in [0.5, 0.6) is 0 Å². The molecule has 5 rings (SSSR count). The van der Waals surface area contributed by atoms with Gasteiger partial charge in [0, 0.05) is 17.2 Å². The minimum absolute atomic E-state index is 0.218. The van der Waals surface area contributed by atoms with E-state index in [1.54, 1.807) is 5.57 Å². The molecule has 1 saturated heterocycles. The molecule has 0 aromatic carbocycles. The highest BCUT2D eigenvalue weighted by molar-refractivity contribution is 6.20. The molecule has 3 saturated carbocycles. The summed E-state index contributed by atoms with van der Waals surface area (Å²) in [5, 5.41) is 0.366. The van der Waals surface area contributed by atoms with Crippen molar-refractivity contribution in [2.75, 3.05) is 13.2 Å². The number of alkyl halides is 1. The molecule has 2 nitrogen and oxygen atoms in total. The van der Waals surface area contributed by atoms with Gasteiger partial charge >= 0.3 is 0 Å². The van der Waals surface area contributed by atoms with Gasteiger partial charge in [0.15, 0.2) is 5.79 Å². The Hall–Kier alpha value is -0.0500. The first-order chi connectivity index (χ1) is 11.5. The van der Waals surface area contributed by atoms with Gasteiger partial charge in [0.25, 0.3) is 0 Å². The van der Waals surface area contributed by atoms with Crippen LogP contribution in [0.2, 0.25) is 0 Å². The molecule has 0 N–H and O–H groups in total. The van der Waals surface area contributed by atoms with Crippen LogP contribution < -0.4 is 0 Å². The largest absolute Gasteiger partial charge is 0.347 e. The van der Waals surface area contributed by atoms with Crippen LogP contribution >= 0.6 is 11.6 Å². The number of halogens is 1. The lowest BCUT2D eigenvalue weighted by atomic mass is 9.48. The van der Waals surface area contributed by atoms with Crippen LogP contribution in [-0.4, -0.2) is 24.4 Å². The van der Waals surface area contributed by atoms with Gasteiger partial charge in [0.05, 0.1) is 13.2 Å². The second-order valence-corrected chi connectivity index (χ2v) is 10.2. The van der Waals surface area contributed by atoms with Gasteiger partial charge in [-0.2, -0.15) is 0 Å². The van der Waals surface area contributed by atoms with Crippen molar-refractivity contribution in [2.24, 2.45) is 28.6 Å². The maximum absolute atomic E-state index is 6.49. The van der Waals surface area contributed by atoms with Gasteiger partial charge in [-0.3, -0.25) is 0 Å². The van der Waals surface area contributed by atoms with Crippen molar-refractivity contribution in [1.29, 1.82) is 0 Å². The SMILES string of the molecule is C[C@]12CC[C@H](Cl)CC1=CC[C@H]1[C@H]3CCC4(OCCO4)[C@]3(C)CC[C@@H]12. The topological polar surface area (TPSA) is 18.5 Å². The Kier molecular flexibility index (Phi) is 3.52. The number of fused-ring (bicyclic) bond motifs is 6. The summed E-state index contributed by atoms with van der Waals surface area (Å²) in [4.78, 5) is 0. The maximum atomic E-state index is 6.49. The fourth-order valence-electron chi connectivity index (χ4n) is 7.50. The molecule has 0 amide bonds. The van der Waals surface area contributed by atoms with E-state index in [0.29, 0.717) is 10.8 Å². The molecular formula is C21H31ClO2. The van der Waals surface area contributed by atoms with Gasteiger partial charge in [-0.15, -0.1) is 11.6 Å². The van der Waals surface area contributed by atoms with E-state index in [-0.39, 0.29) is 11.2 Å². The second-order valence-electron chi connectivity index (χ2n) is 9.54. The summed E-state index contributed by atoms with van der Waals surface area (Å²) in [6.07, 6.45) is 12.5. The van der Waals surface area contributed by atoms with Crippen LogP contribution in [0.15, 0.2) is 11.6 Å². The summed E-state index contributed by atoms with van der Waals surface area (Å²) >= 11 is 6.49. The Morgan fingerprint density at radius 3 is 2.54 bits per heavy atom. The smallest absolute Gasteiger partial charge is 0.174 e. The van der Waals surface area contributed by atoms with Gasteiger partial charge in [-0.1, -0.05) is 25.5 Å². The van der Waals surface area contributed by atoms with Crippen LogP contribution in [0.1, 0.15) is 65.2 Å². The first kappa shape index (κ1) is 16.1. The Labute approximate surface area is 151 Å². The zero-order chi connectivity index (χ0) is 16.6. The number of ether oxygens (including phenoxy) is 2. The van der Waals surface area contributed by atoms with Crippen molar-refractivity contribution < 1.29 is 9.47 Å². The average molecular weight is 351 g/mol. The summed E-state index contributed by atoms with van der Waals surface area (Å²) < 4.78 is 12.5. The standard InChI is InChI=1S/C21H31ClO2/c1-19-8-5-15(22)13-14(19)3-4-16-17(19)6-9-20(2)18(16)7-10-21(20)23-11-12-24-21/h3,15-18H,4-13H2,1-2H3/t15-,16+,17-,18+,19-,20+/m0/s1. The number of allylic oxidation sites excluding steroid dienone is 2. The lowest BCUT2D eigenvalue weighted by Gasteiger charge is -2.58. The highest BCUT2D eigenvalue weighted by Gasteiger charge is 2.66. The van der Waals surface area contributed by atoms with Crippen LogP contribution in [0.25, 0.3) is 0 Å². The molecule has 4 aliphatic carbocycles. The summed E-state index contributed by atoms with van der Waals surface area (Å²) in [6.45, 7) is 6.60. The lowest BCUT2D eigenvalue weighted by Crippen LogP contribution is -2.54. The van der Waals surface area contributed by atoms with Crippen LogP contribution in [0.4, 0.5) is 0 Å². The molecule has 0 unspecified atom stereocenters. The predicted octanol–water partition coefficient (Wildman–Crippen LogP) is 5.30. The van der Waals surface area contributed by atoms with Gasteiger partial charge < -0.3 is 9.47 Å². The minimum Gasteiger partial charge on any atom is -0.347 e. The normalized spacial score (nSPS) is 52.5. The summed E-state index contributed by atoms with van der Waals surface area (Å²) in [7, 11) is 0. The molecule has 0 radical (unpaired) electrons. The van der Waals surface area contributed by atoms with E-state index in [1.807, 2.05) is 0 Å². The molecule has 6 atom stereocenters. The van der Waals surface area contributed by atoms with Crippen LogP contribution in [0, 0.1) is 28.6 Å². The molecular weight excluding hydrogens is 320 g/mol. The van der Waals surface area contributed by atoms with Crippen molar-refractivity contribution in [3.05, 3.63) is 11.6 Å². The molecule has 24 heavy (non-hydrogen) atoms. The first-order valence-electron chi connectivity index (χ1n) is 10.1. The number of hydrogen-bond donors (Lipinski definition) is 0. The molecule has 5 aliphatic rings. The molecule has 134 valence electrons. The van der Waals surface area contributed by atoms with E-state index >= 15 is 0 Å². The van der Waals surface area contributed by atoms with E-state index in [4.69, 9.17) is 21.1 Å². The Bertz CT molecular complexity index is 566. The van der Waals surface area contributed by atoms with E-state index in [2.05, 4.69) is 19.9 Å². The number of hydrogen-bond acceptors (Lipinski definition) is 2. The Morgan fingerprint density at radius 1 is 1.00 bits per heavy atom. The Morgan fingerprint density at radius 2 is 1.75 bits per heavy atom. The van der Waals surface area contributed by atoms with E-state index < -0.39 is 0 Å². The van der Waals surface area contributed by atoms with Crippen molar-refractivity contribution in [1.82, 2.24) is 0 Å². The fraction of sp³-hybridized carbons (Fsp3) is 0.905. The van der Waals surface area contributed by atoms with Crippen LogP contribution in [0.3, 0.4) is 0 Å². The molecule has 1 aliphatic heterocycles. The summed E-state index contributed by atoms with van der Waals surface area (Å²) in [5.74, 6) is 2.16. The van der Waals surface area contributed by atoms with Crippen molar-refractivity contribution in [3.63, 3.8) is 0 Å². The monoisotopic (exact) mass is 350 g/mol. The van der Waals surface area contributed by atoms with Gasteiger partial charge in [-0.05, 0) is 68.1 Å². The minimum atomic E-state index is -0.263. The Balaban J connectivity index is 1.49. The van der Waals surface area contributed by atoms with Gasteiger partial charge in [0.2, 0.25) is 0 Å². The highest BCUT2D eigenvalue weighted by Crippen LogP contribution is 2.68. The molecule has 0 aromatic rings. The fourth-order valence-corrected chi connectivity index (χ4v) is 7.78. The lowest BCUT2D eigenvalue weighted by molar-refractivity contribution is -0.242. The predicted molar refractivity (Wildman–Crippen MR) is 96.0 cm³/mol. The molecule has 1 heterocycles. The average Bonchev–Trinajstić information content (AvgIpc) is 3.15. The quantitative estimate of drug-likeness (QED) is 0.436. The zero-order valence-corrected chi connectivity index (χ0v) is 15.9. The van der Waals surface area contributed by atoms with E-state index in [9.17, 15) is 0 Å². The third-order valence-corrected chi connectivity index (χ3v) is 9.21. The zero-order valence-electron chi connectivity index (χ0n) is 15.2. The van der Waals surface area contributed by atoms with Gasteiger partial charge in [-0.25, -0.2) is 0 Å². The number of rotatable bonds is 0. The summed E-state index contributed by atoms with van der Waals surface area (Å²) in [6, 6.07) is 0. The maximum Gasteiger partial charge on any atom is 0.174 e. The first-order valence-corrected chi connectivity index (χ1v) is 10.5. The molecule has 1 spiro atoms. The van der Waals surface area contributed by atoms with Crippen molar-refractivity contribution in [3.8, 4) is 0 Å². The second kappa shape index (κ2) is 5.24. The molecule has 3 heteroatoms. The molecule has 0 aromatic heterocycles. The molecule has 4 fully saturated rings. The third kappa shape index (κ3) is 1.91. The van der Waals surface area contributed by atoms with Crippen molar-refractivity contribution >= 4 is 11.6 Å². The van der Waals surface area contributed by atoms with E-state index in [0.717, 1.165) is 43.8 Å². The highest BCUT2D eigenvalue weighted by atomic mass is 35.5.